The molecule has 1 aliphatic rings. The van der Waals surface area contributed by atoms with Crippen LogP contribution in [0, 0.1) is 0 Å². The molecule has 1 saturated heterocycles. The number of hydrogen-bond donors (Lipinski definition) is 0. The van der Waals surface area contributed by atoms with E-state index >= 15 is 0 Å². The van der Waals surface area contributed by atoms with Crippen LogP contribution in [-0.2, 0) is 21.3 Å². The molecule has 0 saturated carbocycles. The number of sulfonamides is 1. The molecule has 29 heavy (non-hydrogen) atoms. The summed E-state index contributed by atoms with van der Waals surface area (Å²) in [6, 6.07) is 6.92. The van der Waals surface area contributed by atoms with Gasteiger partial charge in [0.15, 0.2) is 11.5 Å². The molecular weight excluding hydrogens is 416 g/mol. The fourth-order valence-electron chi connectivity index (χ4n) is 3.16. The van der Waals surface area contributed by atoms with Gasteiger partial charge in [-0.3, -0.25) is 4.79 Å². The van der Waals surface area contributed by atoms with Crippen LogP contribution in [0.5, 0.6) is 11.5 Å². The first-order valence-electron chi connectivity index (χ1n) is 9.01. The summed E-state index contributed by atoms with van der Waals surface area (Å²) in [5.41, 5.74) is 0.761. The van der Waals surface area contributed by atoms with Crippen LogP contribution in [-0.4, -0.2) is 71.1 Å². The molecule has 0 unspecified atom stereocenters. The van der Waals surface area contributed by atoms with Gasteiger partial charge in [0.25, 0.3) is 5.91 Å². The highest BCUT2D eigenvalue weighted by atomic mass is 32.2. The lowest BCUT2D eigenvalue weighted by molar-refractivity contribution is 0.0728. The first-order chi connectivity index (χ1) is 13.9. The van der Waals surface area contributed by atoms with Crippen molar-refractivity contribution in [1.82, 2.24) is 9.21 Å². The van der Waals surface area contributed by atoms with Gasteiger partial charge in [-0.15, -0.1) is 11.3 Å². The van der Waals surface area contributed by atoms with Gasteiger partial charge in [0.1, 0.15) is 9.77 Å². The van der Waals surface area contributed by atoms with Crippen LogP contribution in [0.2, 0.25) is 0 Å². The van der Waals surface area contributed by atoms with Gasteiger partial charge in [0.05, 0.1) is 27.4 Å². The first-order valence-corrected chi connectivity index (χ1v) is 11.3. The van der Waals surface area contributed by atoms with Gasteiger partial charge in [-0.05, 0) is 17.5 Å². The molecule has 8 nitrogen and oxygen atoms in total. The van der Waals surface area contributed by atoms with Crippen molar-refractivity contribution in [2.24, 2.45) is 0 Å². The Bertz CT molecular complexity index is 967. The maximum Gasteiger partial charge on any atom is 0.265 e. The molecule has 0 N–H and O–H groups in total. The molecule has 10 heteroatoms. The number of thiophene rings is 1. The third-order valence-electron chi connectivity index (χ3n) is 4.65. The molecule has 1 fully saturated rings. The molecule has 158 valence electrons. The summed E-state index contributed by atoms with van der Waals surface area (Å²) in [7, 11) is 0.962. The minimum atomic E-state index is -3.75. The topological polar surface area (TPSA) is 85.4 Å². The number of benzene rings is 1. The summed E-state index contributed by atoms with van der Waals surface area (Å²) in [5.74, 6) is 0.747. The van der Waals surface area contributed by atoms with Crippen LogP contribution in [0.1, 0.15) is 15.2 Å². The van der Waals surface area contributed by atoms with Crippen molar-refractivity contribution in [3.63, 3.8) is 0 Å². The Hall–Kier alpha value is -2.14. The Balaban J connectivity index is 1.84. The highest BCUT2D eigenvalue weighted by Gasteiger charge is 2.32. The van der Waals surface area contributed by atoms with E-state index in [4.69, 9.17) is 14.2 Å². The largest absolute Gasteiger partial charge is 0.493 e. The van der Waals surface area contributed by atoms with Gasteiger partial charge in [-0.25, -0.2) is 8.42 Å². The molecule has 1 aromatic carbocycles. The number of carbonyl (C=O) groups is 1. The second kappa shape index (κ2) is 9.12. The SMILES string of the molecule is COc1cccc(CN(C)C(=O)c2sccc2S(=O)(=O)N2CCOCC2)c1OC. The number of amides is 1. The highest BCUT2D eigenvalue weighted by molar-refractivity contribution is 7.89. The van der Waals surface area contributed by atoms with Crippen LogP contribution in [0.25, 0.3) is 0 Å². The normalized spacial score (nSPS) is 15.1. The Labute approximate surface area is 174 Å². The van der Waals surface area contributed by atoms with E-state index < -0.39 is 10.0 Å². The average Bonchev–Trinajstić information content (AvgIpc) is 3.24. The zero-order valence-electron chi connectivity index (χ0n) is 16.6. The number of ether oxygens (including phenoxy) is 3. The standard InChI is InChI=1S/C19H24N2O6S2/c1-20(13-14-5-4-6-15(25-2)17(14)26-3)19(22)18-16(7-12-28-18)29(23,24)21-8-10-27-11-9-21/h4-7,12H,8-11,13H2,1-3H3. The van der Waals surface area contributed by atoms with Crippen molar-refractivity contribution in [3.05, 3.63) is 40.1 Å². The lowest BCUT2D eigenvalue weighted by Crippen LogP contribution is -2.41. The fraction of sp³-hybridized carbons (Fsp3) is 0.421. The minimum Gasteiger partial charge on any atom is -0.493 e. The quantitative estimate of drug-likeness (QED) is 0.655. The summed E-state index contributed by atoms with van der Waals surface area (Å²) in [6.45, 7) is 1.50. The molecule has 0 radical (unpaired) electrons. The lowest BCUT2D eigenvalue weighted by Gasteiger charge is -2.26. The molecule has 2 aromatic rings. The van der Waals surface area contributed by atoms with Gasteiger partial charge in [-0.1, -0.05) is 12.1 Å². The van der Waals surface area contributed by atoms with Crippen molar-refractivity contribution < 1.29 is 27.4 Å². The minimum absolute atomic E-state index is 0.0406. The van der Waals surface area contributed by atoms with Gasteiger partial charge in [0.2, 0.25) is 10.0 Å². The predicted molar refractivity (Wildman–Crippen MR) is 109 cm³/mol. The summed E-state index contributed by atoms with van der Waals surface area (Å²) in [5, 5.41) is 1.63. The van der Waals surface area contributed by atoms with Crippen LogP contribution < -0.4 is 9.47 Å². The number of rotatable bonds is 7. The number of morpholine rings is 1. The highest BCUT2D eigenvalue weighted by Crippen LogP contribution is 2.32. The molecule has 0 spiro atoms. The van der Waals surface area contributed by atoms with E-state index in [9.17, 15) is 13.2 Å². The Morgan fingerprint density at radius 1 is 1.21 bits per heavy atom. The summed E-state index contributed by atoms with van der Waals surface area (Å²) < 4.78 is 43.3. The molecule has 1 aliphatic heterocycles. The van der Waals surface area contributed by atoms with Crippen molar-refractivity contribution in [2.45, 2.75) is 11.4 Å². The average molecular weight is 441 g/mol. The molecule has 1 aromatic heterocycles. The maximum atomic E-state index is 13.1. The van der Waals surface area contributed by atoms with Gasteiger partial charge in [-0.2, -0.15) is 4.31 Å². The third-order valence-corrected chi connectivity index (χ3v) is 7.62. The van der Waals surface area contributed by atoms with Crippen LogP contribution in [0.3, 0.4) is 0 Å². The fourth-order valence-corrected chi connectivity index (χ4v) is 5.96. The van der Waals surface area contributed by atoms with Crippen molar-refractivity contribution in [1.29, 1.82) is 0 Å². The number of nitrogens with zero attached hydrogens (tertiary/aromatic N) is 2. The van der Waals surface area contributed by atoms with E-state index in [1.165, 1.54) is 22.4 Å². The van der Waals surface area contributed by atoms with Crippen LogP contribution in [0.15, 0.2) is 34.5 Å². The first kappa shape index (κ1) is 21.6. The zero-order valence-corrected chi connectivity index (χ0v) is 18.2. The van der Waals surface area contributed by atoms with Crippen LogP contribution >= 0.6 is 11.3 Å². The Morgan fingerprint density at radius 3 is 2.59 bits per heavy atom. The summed E-state index contributed by atoms with van der Waals surface area (Å²) in [4.78, 5) is 14.8. The number of carbonyl (C=O) groups excluding carboxylic acids is 1. The van der Waals surface area contributed by atoms with E-state index in [1.807, 2.05) is 12.1 Å². The summed E-state index contributed by atoms with van der Waals surface area (Å²) >= 11 is 1.12. The molecule has 1 amide bonds. The van der Waals surface area contributed by atoms with Crippen molar-refractivity contribution in [3.8, 4) is 11.5 Å². The molecule has 3 rings (SSSR count). The monoisotopic (exact) mass is 440 g/mol. The van der Waals surface area contributed by atoms with E-state index in [-0.39, 0.29) is 35.3 Å². The molecule has 0 atom stereocenters. The Morgan fingerprint density at radius 2 is 1.93 bits per heavy atom. The number of methoxy groups -OCH3 is 2. The van der Waals surface area contributed by atoms with Crippen molar-refractivity contribution in [2.75, 3.05) is 47.6 Å². The van der Waals surface area contributed by atoms with Gasteiger partial charge < -0.3 is 19.1 Å². The maximum absolute atomic E-state index is 13.1. The second-order valence-corrected chi connectivity index (χ2v) is 9.27. The zero-order chi connectivity index (χ0) is 21.0. The molecule has 0 bridgehead atoms. The van der Waals surface area contributed by atoms with Gasteiger partial charge >= 0.3 is 0 Å². The predicted octanol–water partition coefficient (Wildman–Crippen LogP) is 2.06. The smallest absolute Gasteiger partial charge is 0.265 e. The number of hydrogen-bond acceptors (Lipinski definition) is 7. The van der Waals surface area contributed by atoms with E-state index in [0.29, 0.717) is 24.7 Å². The van der Waals surface area contributed by atoms with E-state index in [2.05, 4.69) is 0 Å². The van der Waals surface area contributed by atoms with Crippen LogP contribution in [0.4, 0.5) is 0 Å². The second-order valence-electron chi connectivity index (χ2n) is 6.44. The van der Waals surface area contributed by atoms with Gasteiger partial charge in [0, 0.05) is 32.2 Å². The van der Waals surface area contributed by atoms with E-state index in [0.717, 1.165) is 16.9 Å². The number of para-hydroxylation sites is 1. The molecule has 2 heterocycles. The van der Waals surface area contributed by atoms with Crippen molar-refractivity contribution >= 4 is 27.3 Å². The third kappa shape index (κ3) is 4.40. The molecular formula is C19H24N2O6S2. The lowest BCUT2D eigenvalue weighted by atomic mass is 10.1. The molecule has 0 aliphatic carbocycles. The Kier molecular flexibility index (Phi) is 6.78. The summed E-state index contributed by atoms with van der Waals surface area (Å²) in [6.07, 6.45) is 0. The van der Waals surface area contributed by atoms with E-state index in [1.54, 1.807) is 25.6 Å².